The van der Waals surface area contributed by atoms with Crippen LogP contribution < -0.4 is 10.6 Å². The summed E-state index contributed by atoms with van der Waals surface area (Å²) in [6.07, 6.45) is 3.02. The van der Waals surface area contributed by atoms with Crippen LogP contribution in [0.25, 0.3) is 0 Å². The second-order valence-electron chi connectivity index (χ2n) is 6.90. The van der Waals surface area contributed by atoms with Crippen LogP contribution in [-0.4, -0.2) is 49.3 Å². The number of likely N-dealkylation sites (N-methyl/N-ethyl adjacent to an activating group) is 1. The van der Waals surface area contributed by atoms with Gasteiger partial charge in [0.25, 0.3) is 0 Å². The highest BCUT2D eigenvalue weighted by molar-refractivity contribution is 7.98. The van der Waals surface area contributed by atoms with E-state index in [2.05, 4.69) is 61.9 Å². The Morgan fingerprint density at radius 1 is 1.17 bits per heavy atom. The van der Waals surface area contributed by atoms with E-state index in [0.717, 1.165) is 26.1 Å². The van der Waals surface area contributed by atoms with Crippen LogP contribution in [0.15, 0.2) is 29.2 Å². The third-order valence-electron chi connectivity index (χ3n) is 3.36. The van der Waals surface area contributed by atoms with Gasteiger partial charge in [-0.1, -0.05) is 12.1 Å². The lowest BCUT2D eigenvalue weighted by Crippen LogP contribution is -2.39. The van der Waals surface area contributed by atoms with Crippen LogP contribution in [0.2, 0.25) is 0 Å². The molecule has 1 rings (SSSR count). The molecule has 23 heavy (non-hydrogen) atoms. The van der Waals surface area contributed by atoms with E-state index < -0.39 is 0 Å². The van der Waals surface area contributed by atoms with E-state index in [-0.39, 0.29) is 11.4 Å². The summed E-state index contributed by atoms with van der Waals surface area (Å²) in [6.45, 7) is 9.29. The summed E-state index contributed by atoms with van der Waals surface area (Å²) in [7, 11) is 1.98. The fraction of sp³-hybridized carbons (Fsp3) is 0.611. The monoisotopic (exact) mass is 337 g/mol. The minimum absolute atomic E-state index is 0.0870. The number of thioether (sulfide) groups is 1. The Morgan fingerprint density at radius 2 is 1.83 bits per heavy atom. The standard InChI is InChI=1S/C18H31N3OS/c1-18(2,3)20-12-6-11-19-17(22)14-21(4)13-15-7-9-16(23-5)10-8-15/h7-10,20H,6,11-14H2,1-5H3,(H,19,22). The van der Waals surface area contributed by atoms with E-state index in [0.29, 0.717) is 6.54 Å². The fourth-order valence-electron chi connectivity index (χ4n) is 2.18. The maximum atomic E-state index is 11.9. The molecule has 0 aromatic heterocycles. The first kappa shape index (κ1) is 20.0. The van der Waals surface area contributed by atoms with Gasteiger partial charge in [-0.15, -0.1) is 11.8 Å². The molecule has 1 amide bonds. The number of benzene rings is 1. The van der Waals surface area contributed by atoms with Crippen LogP contribution in [0.5, 0.6) is 0 Å². The number of nitrogens with one attached hydrogen (secondary N) is 2. The fourth-order valence-corrected chi connectivity index (χ4v) is 2.59. The van der Waals surface area contributed by atoms with E-state index in [1.165, 1.54) is 10.5 Å². The van der Waals surface area contributed by atoms with Crippen molar-refractivity contribution in [3.63, 3.8) is 0 Å². The first-order valence-electron chi connectivity index (χ1n) is 8.13. The number of hydrogen-bond donors (Lipinski definition) is 2. The molecule has 4 nitrogen and oxygen atoms in total. The summed E-state index contributed by atoms with van der Waals surface area (Å²) in [4.78, 5) is 15.2. The predicted molar refractivity (Wildman–Crippen MR) is 99.9 cm³/mol. The van der Waals surface area contributed by atoms with Crippen LogP contribution in [0.1, 0.15) is 32.8 Å². The van der Waals surface area contributed by atoms with E-state index in [4.69, 9.17) is 0 Å². The van der Waals surface area contributed by atoms with E-state index in [1.54, 1.807) is 11.8 Å². The Kier molecular flexibility index (Phi) is 8.66. The molecule has 1 aromatic carbocycles. The maximum absolute atomic E-state index is 11.9. The SMILES string of the molecule is CSc1ccc(CN(C)CC(=O)NCCCNC(C)(C)C)cc1. The molecule has 0 aliphatic rings. The lowest BCUT2D eigenvalue weighted by Gasteiger charge is -2.20. The molecule has 0 aliphatic carbocycles. The largest absolute Gasteiger partial charge is 0.355 e. The lowest BCUT2D eigenvalue weighted by atomic mass is 10.1. The van der Waals surface area contributed by atoms with Crippen LogP contribution in [0, 0.1) is 0 Å². The minimum atomic E-state index is 0.0870. The van der Waals surface area contributed by atoms with Gasteiger partial charge in [-0.3, -0.25) is 9.69 Å². The summed E-state index contributed by atoms with van der Waals surface area (Å²) < 4.78 is 0. The quantitative estimate of drug-likeness (QED) is 0.537. The first-order chi connectivity index (χ1) is 10.8. The normalized spacial score (nSPS) is 11.7. The Balaban J connectivity index is 2.20. The molecule has 2 N–H and O–H groups in total. The zero-order chi connectivity index (χ0) is 17.3. The summed E-state index contributed by atoms with van der Waals surface area (Å²) in [5, 5.41) is 6.39. The first-order valence-corrected chi connectivity index (χ1v) is 9.36. The van der Waals surface area contributed by atoms with Gasteiger partial charge >= 0.3 is 0 Å². The van der Waals surface area contributed by atoms with Gasteiger partial charge in [-0.05, 0) is 64.7 Å². The van der Waals surface area contributed by atoms with Crippen molar-refractivity contribution in [2.45, 2.75) is 44.2 Å². The van der Waals surface area contributed by atoms with Gasteiger partial charge in [-0.2, -0.15) is 0 Å². The molecule has 0 unspecified atom stereocenters. The van der Waals surface area contributed by atoms with Crippen molar-refractivity contribution in [1.82, 2.24) is 15.5 Å². The highest BCUT2D eigenvalue weighted by atomic mass is 32.2. The molecule has 0 heterocycles. The molecular weight excluding hydrogens is 306 g/mol. The van der Waals surface area contributed by atoms with Crippen molar-refractivity contribution in [2.24, 2.45) is 0 Å². The molecule has 0 saturated heterocycles. The van der Waals surface area contributed by atoms with Crippen molar-refractivity contribution in [2.75, 3.05) is 32.9 Å². The average Bonchev–Trinajstić information content (AvgIpc) is 2.46. The molecule has 0 saturated carbocycles. The smallest absolute Gasteiger partial charge is 0.234 e. The number of amides is 1. The summed E-state index contributed by atoms with van der Waals surface area (Å²) in [5.41, 5.74) is 1.36. The van der Waals surface area contributed by atoms with Gasteiger partial charge in [0.2, 0.25) is 5.91 Å². The Bertz CT molecular complexity index is 468. The zero-order valence-corrected chi connectivity index (χ0v) is 15.9. The molecule has 0 radical (unpaired) electrons. The summed E-state index contributed by atoms with van der Waals surface area (Å²) in [6, 6.07) is 8.49. The molecular formula is C18H31N3OS. The number of carbonyl (C=O) groups excluding carboxylic acids is 1. The van der Waals surface area contributed by atoms with Gasteiger partial charge in [0.1, 0.15) is 0 Å². The zero-order valence-electron chi connectivity index (χ0n) is 15.1. The van der Waals surface area contributed by atoms with Crippen LogP contribution in [0.3, 0.4) is 0 Å². The van der Waals surface area contributed by atoms with Gasteiger partial charge in [-0.25, -0.2) is 0 Å². The molecule has 1 aromatic rings. The number of hydrogen-bond acceptors (Lipinski definition) is 4. The summed E-state index contributed by atoms with van der Waals surface area (Å²) >= 11 is 1.74. The Hall–Kier alpha value is -1.04. The van der Waals surface area contributed by atoms with E-state index in [9.17, 15) is 4.79 Å². The third kappa shape index (κ3) is 9.64. The molecule has 0 aliphatic heterocycles. The van der Waals surface area contributed by atoms with Gasteiger partial charge in [0, 0.05) is 23.5 Å². The van der Waals surface area contributed by atoms with Crippen molar-refractivity contribution >= 4 is 17.7 Å². The Morgan fingerprint density at radius 3 is 2.39 bits per heavy atom. The van der Waals surface area contributed by atoms with Gasteiger partial charge in [0.05, 0.1) is 6.54 Å². The molecule has 0 fully saturated rings. The number of carbonyl (C=O) groups is 1. The molecule has 0 spiro atoms. The van der Waals surface area contributed by atoms with Crippen molar-refractivity contribution in [3.05, 3.63) is 29.8 Å². The second-order valence-corrected chi connectivity index (χ2v) is 7.78. The van der Waals surface area contributed by atoms with Crippen molar-refractivity contribution in [1.29, 1.82) is 0 Å². The molecule has 5 heteroatoms. The minimum Gasteiger partial charge on any atom is -0.355 e. The van der Waals surface area contributed by atoms with Gasteiger partial charge < -0.3 is 10.6 Å². The predicted octanol–water partition coefficient (Wildman–Crippen LogP) is 2.73. The van der Waals surface area contributed by atoms with Crippen molar-refractivity contribution < 1.29 is 4.79 Å². The molecule has 0 bridgehead atoms. The van der Waals surface area contributed by atoms with Gasteiger partial charge in [0.15, 0.2) is 0 Å². The van der Waals surface area contributed by atoms with Crippen LogP contribution in [-0.2, 0) is 11.3 Å². The van der Waals surface area contributed by atoms with Crippen LogP contribution >= 0.6 is 11.8 Å². The molecule has 0 atom stereocenters. The van der Waals surface area contributed by atoms with E-state index in [1.807, 2.05) is 11.9 Å². The highest BCUT2D eigenvalue weighted by Crippen LogP contribution is 2.15. The Labute approximate surface area is 145 Å². The highest BCUT2D eigenvalue weighted by Gasteiger charge is 2.09. The second kappa shape index (κ2) is 9.96. The third-order valence-corrected chi connectivity index (χ3v) is 4.10. The number of nitrogens with zero attached hydrogens (tertiary/aromatic N) is 1. The van der Waals surface area contributed by atoms with E-state index >= 15 is 0 Å². The van der Waals surface area contributed by atoms with Crippen molar-refractivity contribution in [3.8, 4) is 0 Å². The molecule has 130 valence electrons. The topological polar surface area (TPSA) is 44.4 Å². The summed E-state index contributed by atoms with van der Waals surface area (Å²) in [5.74, 6) is 0.0870. The number of rotatable bonds is 9. The lowest BCUT2D eigenvalue weighted by molar-refractivity contribution is -0.122. The average molecular weight is 338 g/mol. The van der Waals surface area contributed by atoms with Crippen LogP contribution in [0.4, 0.5) is 0 Å². The maximum Gasteiger partial charge on any atom is 0.234 e.